The minimum Gasteiger partial charge on any atom is -0.386 e. The van der Waals surface area contributed by atoms with Gasteiger partial charge in [-0.15, -0.1) is 28.1 Å². The van der Waals surface area contributed by atoms with Crippen molar-refractivity contribution in [2.75, 3.05) is 0 Å². The zero-order valence-electron chi connectivity index (χ0n) is 18.6. The summed E-state index contributed by atoms with van der Waals surface area (Å²) in [4.78, 5) is 2.47. The van der Waals surface area contributed by atoms with E-state index in [4.69, 9.17) is 0 Å². The Bertz CT molecular complexity index is 958. The Morgan fingerprint density at radius 2 is 1.77 bits per heavy atom. The molecule has 1 aromatic heterocycles. The van der Waals surface area contributed by atoms with Crippen molar-refractivity contribution in [1.82, 2.24) is 0 Å². The molecule has 1 atom stereocenters. The standard InChI is InChI=1S/C24H32N4OS/c1-7-23(6,29)13-12-18-10-11-19(14-16(18)4)24(8-2,9-3)20-15-17(5)21(30-20)22-25-27-28-26-22/h7,10-11,14-15,22,29H,1,8-9,12-13H2,2-6H3. The molecule has 0 saturated carbocycles. The lowest BCUT2D eigenvalue weighted by Crippen LogP contribution is -2.25. The number of aliphatic hydroxyl groups is 1. The molecule has 1 aromatic carbocycles. The van der Waals surface area contributed by atoms with Crippen LogP contribution in [0.15, 0.2) is 57.6 Å². The van der Waals surface area contributed by atoms with Crippen molar-refractivity contribution < 1.29 is 5.11 Å². The predicted molar refractivity (Wildman–Crippen MR) is 123 cm³/mol. The Morgan fingerprint density at radius 1 is 1.10 bits per heavy atom. The van der Waals surface area contributed by atoms with Crippen LogP contribution in [-0.4, -0.2) is 10.7 Å². The van der Waals surface area contributed by atoms with Gasteiger partial charge >= 0.3 is 0 Å². The van der Waals surface area contributed by atoms with E-state index in [1.54, 1.807) is 17.4 Å². The van der Waals surface area contributed by atoms with Crippen LogP contribution >= 0.6 is 11.3 Å². The molecule has 1 N–H and O–H groups in total. The number of nitrogens with zero attached hydrogens (tertiary/aromatic N) is 4. The lowest BCUT2D eigenvalue weighted by molar-refractivity contribution is 0.102. The van der Waals surface area contributed by atoms with Crippen LogP contribution in [-0.2, 0) is 11.8 Å². The van der Waals surface area contributed by atoms with Crippen LogP contribution in [0, 0.1) is 13.8 Å². The number of hydrogen-bond donors (Lipinski definition) is 1. The fourth-order valence-corrected chi connectivity index (χ4v) is 5.67. The lowest BCUT2D eigenvalue weighted by atomic mass is 9.73. The van der Waals surface area contributed by atoms with E-state index >= 15 is 0 Å². The molecule has 2 heterocycles. The highest BCUT2D eigenvalue weighted by molar-refractivity contribution is 7.12. The summed E-state index contributed by atoms with van der Waals surface area (Å²) in [5, 5.41) is 25.9. The van der Waals surface area contributed by atoms with E-state index in [1.807, 2.05) is 6.92 Å². The van der Waals surface area contributed by atoms with E-state index in [0.717, 1.165) is 24.1 Å². The molecule has 0 radical (unpaired) electrons. The molecular formula is C24H32N4OS. The predicted octanol–water partition coefficient (Wildman–Crippen LogP) is 7.17. The largest absolute Gasteiger partial charge is 0.386 e. The average Bonchev–Trinajstić information content (AvgIpc) is 3.39. The highest BCUT2D eigenvalue weighted by Crippen LogP contribution is 2.46. The average molecular weight is 425 g/mol. The van der Waals surface area contributed by atoms with Crippen molar-refractivity contribution in [2.24, 2.45) is 20.7 Å². The van der Waals surface area contributed by atoms with Crippen molar-refractivity contribution in [1.29, 1.82) is 0 Å². The quantitative estimate of drug-likeness (QED) is 0.426. The molecule has 0 aliphatic carbocycles. The number of rotatable bonds is 9. The van der Waals surface area contributed by atoms with E-state index in [-0.39, 0.29) is 11.6 Å². The zero-order valence-corrected chi connectivity index (χ0v) is 19.5. The van der Waals surface area contributed by atoms with Crippen LogP contribution < -0.4 is 0 Å². The minimum atomic E-state index is -0.832. The van der Waals surface area contributed by atoms with Gasteiger partial charge in [-0.2, -0.15) is 0 Å². The fraction of sp³-hybridized carbons (Fsp3) is 0.500. The molecule has 30 heavy (non-hydrogen) atoms. The summed E-state index contributed by atoms with van der Waals surface area (Å²) in [5.74, 6) is 0. The maximum Gasteiger partial charge on any atom is 0.219 e. The molecule has 6 heteroatoms. The van der Waals surface area contributed by atoms with Gasteiger partial charge in [0.25, 0.3) is 0 Å². The summed E-state index contributed by atoms with van der Waals surface area (Å²) >= 11 is 1.78. The first-order valence-corrected chi connectivity index (χ1v) is 11.4. The van der Waals surface area contributed by atoms with E-state index < -0.39 is 5.60 Å². The van der Waals surface area contributed by atoms with E-state index in [0.29, 0.717) is 6.42 Å². The summed E-state index contributed by atoms with van der Waals surface area (Å²) in [6.07, 6.45) is 4.85. The minimum absolute atomic E-state index is 0.0452. The molecule has 0 spiro atoms. The molecule has 1 unspecified atom stereocenters. The molecule has 3 rings (SSSR count). The van der Waals surface area contributed by atoms with Gasteiger partial charge < -0.3 is 5.11 Å². The molecule has 2 aromatic rings. The Morgan fingerprint density at radius 3 is 2.33 bits per heavy atom. The van der Waals surface area contributed by atoms with Crippen molar-refractivity contribution >= 4 is 11.3 Å². The highest BCUT2D eigenvalue weighted by atomic mass is 32.1. The smallest absolute Gasteiger partial charge is 0.219 e. The van der Waals surface area contributed by atoms with Gasteiger partial charge in [0.15, 0.2) is 0 Å². The molecule has 5 nitrogen and oxygen atoms in total. The van der Waals surface area contributed by atoms with Gasteiger partial charge in [-0.3, -0.25) is 0 Å². The molecule has 0 saturated heterocycles. The molecule has 1 aliphatic rings. The Labute approximate surface area is 183 Å². The van der Waals surface area contributed by atoms with Crippen LogP contribution in [0.4, 0.5) is 0 Å². The van der Waals surface area contributed by atoms with Gasteiger partial charge in [-0.05, 0) is 85.2 Å². The number of aryl methyl sites for hydroxylation is 3. The maximum atomic E-state index is 10.3. The first-order valence-electron chi connectivity index (χ1n) is 10.6. The molecule has 0 fully saturated rings. The Hall–Kier alpha value is -2.18. The zero-order chi connectivity index (χ0) is 21.9. The van der Waals surface area contributed by atoms with Gasteiger partial charge in [-0.25, -0.2) is 0 Å². The van der Waals surface area contributed by atoms with Crippen LogP contribution in [0.2, 0.25) is 0 Å². The van der Waals surface area contributed by atoms with Gasteiger partial charge in [0.05, 0.1) is 10.5 Å². The Kier molecular flexibility index (Phi) is 6.68. The summed E-state index contributed by atoms with van der Waals surface area (Å²) in [6, 6.07) is 9.11. The summed E-state index contributed by atoms with van der Waals surface area (Å²) in [5.41, 5.74) is 4.21. The van der Waals surface area contributed by atoms with Gasteiger partial charge in [0, 0.05) is 10.3 Å². The maximum absolute atomic E-state index is 10.3. The van der Waals surface area contributed by atoms with Crippen molar-refractivity contribution in [3.8, 4) is 0 Å². The van der Waals surface area contributed by atoms with Crippen LogP contribution in [0.3, 0.4) is 0 Å². The lowest BCUT2D eigenvalue weighted by Gasteiger charge is -2.32. The Balaban J connectivity index is 1.95. The second-order valence-corrected chi connectivity index (χ2v) is 9.52. The third-order valence-corrected chi connectivity index (χ3v) is 7.95. The van der Waals surface area contributed by atoms with Gasteiger partial charge in [0.2, 0.25) is 6.17 Å². The topological polar surface area (TPSA) is 69.7 Å². The summed E-state index contributed by atoms with van der Waals surface area (Å²) in [7, 11) is 0. The van der Waals surface area contributed by atoms with Crippen molar-refractivity contribution in [3.63, 3.8) is 0 Å². The third kappa shape index (κ3) is 4.30. The summed E-state index contributed by atoms with van der Waals surface area (Å²) < 4.78 is 0. The van der Waals surface area contributed by atoms with Crippen LogP contribution in [0.5, 0.6) is 0 Å². The highest BCUT2D eigenvalue weighted by Gasteiger charge is 2.34. The van der Waals surface area contributed by atoms with Gasteiger partial charge in [-0.1, -0.05) is 38.1 Å². The second kappa shape index (κ2) is 8.90. The van der Waals surface area contributed by atoms with Crippen LogP contribution in [0.1, 0.15) is 78.2 Å². The molecule has 0 amide bonds. The number of thiophene rings is 1. The van der Waals surface area contributed by atoms with Crippen molar-refractivity contribution in [3.05, 3.63) is 68.9 Å². The monoisotopic (exact) mass is 424 g/mol. The molecule has 0 bridgehead atoms. The first kappa shape index (κ1) is 22.5. The van der Waals surface area contributed by atoms with E-state index in [2.05, 4.69) is 79.2 Å². The normalized spacial score (nSPS) is 16.2. The number of hydrogen-bond acceptors (Lipinski definition) is 6. The first-order chi connectivity index (χ1) is 14.3. The second-order valence-electron chi connectivity index (χ2n) is 8.43. The van der Waals surface area contributed by atoms with E-state index in [1.165, 1.54) is 27.1 Å². The molecular weight excluding hydrogens is 392 g/mol. The van der Waals surface area contributed by atoms with Gasteiger partial charge in [0.1, 0.15) is 0 Å². The van der Waals surface area contributed by atoms with E-state index in [9.17, 15) is 5.11 Å². The molecule has 1 aliphatic heterocycles. The SMILES string of the molecule is C=CC(C)(O)CCc1ccc(C(CC)(CC)c2cc(C)c(C3N=NN=N3)s2)cc1C. The van der Waals surface area contributed by atoms with Crippen molar-refractivity contribution in [2.45, 2.75) is 77.5 Å². The number of benzene rings is 1. The summed E-state index contributed by atoms with van der Waals surface area (Å²) in [6.45, 7) is 14.4. The fourth-order valence-electron chi connectivity index (χ4n) is 4.17. The van der Waals surface area contributed by atoms with Crippen LogP contribution in [0.25, 0.3) is 0 Å². The third-order valence-electron chi connectivity index (χ3n) is 6.47. The molecule has 160 valence electrons.